The van der Waals surface area contributed by atoms with Crippen LogP contribution in [0, 0.1) is 11.3 Å². The zero-order chi connectivity index (χ0) is 19.7. The molecule has 0 radical (unpaired) electrons. The molecular weight excluding hydrogens is 358 g/mol. The van der Waals surface area contributed by atoms with Crippen molar-refractivity contribution >= 4 is 5.97 Å². The number of carbonyl (C=O) groups is 1. The average Bonchev–Trinajstić information content (AvgIpc) is 3.16. The first-order valence-electron chi connectivity index (χ1n) is 8.38. The summed E-state index contributed by atoms with van der Waals surface area (Å²) >= 11 is 0. The second kappa shape index (κ2) is 6.89. The largest absolute Gasteiger partial charge is 0.465 e. The minimum atomic E-state index is -0.505. The van der Waals surface area contributed by atoms with Gasteiger partial charge in [0.15, 0.2) is 0 Å². The third kappa shape index (κ3) is 2.75. The fourth-order valence-corrected chi connectivity index (χ4v) is 3.24. The predicted octanol–water partition coefficient (Wildman–Crippen LogP) is 2.48. The monoisotopic (exact) mass is 373 g/mol. The number of hydrogen-bond acceptors (Lipinski definition) is 7. The van der Waals surface area contributed by atoms with Gasteiger partial charge in [0.1, 0.15) is 11.6 Å². The van der Waals surface area contributed by atoms with Crippen LogP contribution in [0.2, 0.25) is 0 Å². The SMILES string of the molecule is COC(=O)c1ccc(C2C(C#N)=C(N)Oc3n[nH]c(-c4cccnc4)c32)cc1. The Morgan fingerprint density at radius 3 is 2.75 bits per heavy atom. The van der Waals surface area contributed by atoms with Crippen molar-refractivity contribution in [3.05, 3.63) is 76.9 Å². The van der Waals surface area contributed by atoms with Gasteiger partial charge in [-0.2, -0.15) is 5.26 Å². The lowest BCUT2D eigenvalue weighted by Crippen LogP contribution is -2.21. The molecule has 0 saturated carbocycles. The second-order valence-electron chi connectivity index (χ2n) is 6.10. The summed E-state index contributed by atoms with van der Waals surface area (Å²) in [5.41, 5.74) is 9.59. The third-order valence-corrected chi connectivity index (χ3v) is 4.55. The van der Waals surface area contributed by atoms with Crippen molar-refractivity contribution in [1.82, 2.24) is 15.2 Å². The maximum atomic E-state index is 11.7. The molecule has 138 valence electrons. The Hall–Kier alpha value is -4.12. The van der Waals surface area contributed by atoms with E-state index in [1.165, 1.54) is 7.11 Å². The molecule has 0 saturated heterocycles. The lowest BCUT2D eigenvalue weighted by Gasteiger charge is -2.24. The molecule has 0 amide bonds. The number of hydrogen-bond donors (Lipinski definition) is 2. The van der Waals surface area contributed by atoms with Gasteiger partial charge in [-0.1, -0.05) is 12.1 Å². The molecule has 4 rings (SSSR count). The van der Waals surface area contributed by atoms with Gasteiger partial charge in [0, 0.05) is 18.0 Å². The summed E-state index contributed by atoms with van der Waals surface area (Å²) in [6, 6.07) is 12.6. The second-order valence-corrected chi connectivity index (χ2v) is 6.10. The molecule has 3 N–H and O–H groups in total. The minimum absolute atomic E-state index is 0.00119. The van der Waals surface area contributed by atoms with Gasteiger partial charge in [-0.05, 0) is 29.8 Å². The van der Waals surface area contributed by atoms with Crippen LogP contribution in [0.3, 0.4) is 0 Å². The number of methoxy groups -OCH3 is 1. The molecule has 1 unspecified atom stereocenters. The Kier molecular flexibility index (Phi) is 4.26. The summed E-state index contributed by atoms with van der Waals surface area (Å²) in [6.07, 6.45) is 3.36. The van der Waals surface area contributed by atoms with Gasteiger partial charge in [-0.15, -0.1) is 5.10 Å². The van der Waals surface area contributed by atoms with Gasteiger partial charge in [0.05, 0.1) is 29.8 Å². The Bertz CT molecular complexity index is 1110. The van der Waals surface area contributed by atoms with Crippen LogP contribution in [-0.4, -0.2) is 28.3 Å². The van der Waals surface area contributed by atoms with E-state index in [1.54, 1.807) is 36.7 Å². The van der Waals surface area contributed by atoms with Gasteiger partial charge < -0.3 is 15.2 Å². The van der Waals surface area contributed by atoms with Crippen molar-refractivity contribution in [2.45, 2.75) is 5.92 Å². The summed E-state index contributed by atoms with van der Waals surface area (Å²) in [5.74, 6) is -0.637. The Morgan fingerprint density at radius 1 is 1.32 bits per heavy atom. The molecule has 3 heterocycles. The van der Waals surface area contributed by atoms with Crippen molar-refractivity contribution in [2.24, 2.45) is 5.73 Å². The zero-order valence-corrected chi connectivity index (χ0v) is 14.8. The van der Waals surface area contributed by atoms with Gasteiger partial charge in [0.25, 0.3) is 0 Å². The number of ether oxygens (including phenoxy) is 2. The number of pyridine rings is 1. The number of nitrogens with one attached hydrogen (secondary N) is 1. The van der Waals surface area contributed by atoms with Crippen molar-refractivity contribution < 1.29 is 14.3 Å². The van der Waals surface area contributed by atoms with Crippen LogP contribution >= 0.6 is 0 Å². The molecule has 8 nitrogen and oxygen atoms in total. The Morgan fingerprint density at radius 2 is 2.11 bits per heavy atom. The number of benzene rings is 1. The number of allylic oxidation sites excluding steroid dienone is 1. The molecule has 1 aromatic carbocycles. The summed E-state index contributed by atoms with van der Waals surface area (Å²) < 4.78 is 10.3. The van der Waals surface area contributed by atoms with Gasteiger partial charge in [0.2, 0.25) is 11.8 Å². The van der Waals surface area contributed by atoms with E-state index < -0.39 is 11.9 Å². The molecule has 0 aliphatic carbocycles. The number of fused-ring (bicyclic) bond motifs is 1. The number of nitrogens with two attached hydrogens (primary N) is 1. The maximum absolute atomic E-state index is 11.7. The molecule has 1 atom stereocenters. The maximum Gasteiger partial charge on any atom is 0.337 e. The van der Waals surface area contributed by atoms with Crippen LogP contribution in [0.5, 0.6) is 5.88 Å². The van der Waals surface area contributed by atoms with E-state index in [2.05, 4.69) is 21.3 Å². The number of nitrogens with zero attached hydrogens (tertiary/aromatic N) is 3. The number of nitriles is 1. The molecule has 1 aliphatic heterocycles. The minimum Gasteiger partial charge on any atom is -0.465 e. The molecule has 0 spiro atoms. The van der Waals surface area contributed by atoms with Crippen LogP contribution in [0.25, 0.3) is 11.3 Å². The van der Waals surface area contributed by atoms with E-state index in [0.29, 0.717) is 22.7 Å². The van der Waals surface area contributed by atoms with Crippen molar-refractivity contribution in [1.29, 1.82) is 5.26 Å². The fraction of sp³-hybridized carbons (Fsp3) is 0.100. The molecule has 2 aromatic heterocycles. The predicted molar refractivity (Wildman–Crippen MR) is 98.9 cm³/mol. The number of esters is 1. The van der Waals surface area contributed by atoms with Crippen LogP contribution in [0.15, 0.2) is 60.2 Å². The first kappa shape index (κ1) is 17.3. The van der Waals surface area contributed by atoms with E-state index in [1.807, 2.05) is 12.1 Å². The molecule has 3 aromatic rings. The molecule has 28 heavy (non-hydrogen) atoms. The highest BCUT2D eigenvalue weighted by Crippen LogP contribution is 2.45. The Labute approximate surface area is 160 Å². The summed E-state index contributed by atoms with van der Waals surface area (Å²) in [5, 5.41) is 16.9. The van der Waals surface area contributed by atoms with Crippen LogP contribution in [0.4, 0.5) is 0 Å². The summed E-state index contributed by atoms with van der Waals surface area (Å²) in [4.78, 5) is 15.9. The standard InChI is InChI=1S/C20H15N5O3/c1-27-20(26)12-6-4-11(5-7-12)15-14(9-21)18(22)28-19-16(15)17(24-25-19)13-3-2-8-23-10-13/h2-8,10,15H,22H2,1H3,(H,24,25). The van der Waals surface area contributed by atoms with E-state index in [0.717, 1.165) is 11.1 Å². The molecule has 0 bridgehead atoms. The molecule has 0 fully saturated rings. The zero-order valence-electron chi connectivity index (χ0n) is 14.8. The lowest BCUT2D eigenvalue weighted by molar-refractivity contribution is 0.0600. The van der Waals surface area contributed by atoms with Crippen molar-refractivity contribution in [3.63, 3.8) is 0 Å². The number of aromatic amines is 1. The lowest BCUT2D eigenvalue weighted by atomic mass is 9.83. The number of carbonyl (C=O) groups excluding carboxylic acids is 1. The van der Waals surface area contributed by atoms with Crippen LogP contribution < -0.4 is 10.5 Å². The van der Waals surface area contributed by atoms with Crippen molar-refractivity contribution in [3.8, 4) is 23.2 Å². The summed E-state index contributed by atoms with van der Waals surface area (Å²) in [6.45, 7) is 0. The molecular formula is C20H15N5O3. The van der Waals surface area contributed by atoms with Gasteiger partial charge in [-0.3, -0.25) is 10.1 Å². The highest BCUT2D eigenvalue weighted by Gasteiger charge is 2.35. The van der Waals surface area contributed by atoms with E-state index >= 15 is 0 Å². The third-order valence-electron chi connectivity index (χ3n) is 4.55. The summed E-state index contributed by atoms with van der Waals surface area (Å²) in [7, 11) is 1.32. The smallest absolute Gasteiger partial charge is 0.337 e. The molecule has 1 aliphatic rings. The van der Waals surface area contributed by atoms with Gasteiger partial charge in [-0.25, -0.2) is 4.79 Å². The van der Waals surface area contributed by atoms with E-state index in [-0.39, 0.29) is 11.5 Å². The van der Waals surface area contributed by atoms with Crippen LogP contribution in [0.1, 0.15) is 27.4 Å². The van der Waals surface area contributed by atoms with Crippen molar-refractivity contribution in [2.75, 3.05) is 7.11 Å². The van der Waals surface area contributed by atoms with E-state index in [9.17, 15) is 10.1 Å². The number of aromatic nitrogens is 3. The normalized spacial score (nSPS) is 15.4. The first-order valence-corrected chi connectivity index (χ1v) is 8.38. The number of H-pyrrole nitrogens is 1. The topological polar surface area (TPSA) is 127 Å². The highest BCUT2D eigenvalue weighted by atomic mass is 16.5. The quantitative estimate of drug-likeness (QED) is 0.675. The number of rotatable bonds is 3. The highest BCUT2D eigenvalue weighted by molar-refractivity contribution is 5.89. The first-order chi connectivity index (χ1) is 13.6. The molecule has 8 heteroatoms. The average molecular weight is 373 g/mol. The van der Waals surface area contributed by atoms with E-state index in [4.69, 9.17) is 15.2 Å². The Balaban J connectivity index is 1.88. The van der Waals surface area contributed by atoms with Gasteiger partial charge >= 0.3 is 5.97 Å². The fourth-order valence-electron chi connectivity index (χ4n) is 3.24. The van der Waals surface area contributed by atoms with Crippen LogP contribution in [-0.2, 0) is 4.74 Å².